The van der Waals surface area contributed by atoms with Crippen LogP contribution >= 0.6 is 0 Å². The summed E-state index contributed by atoms with van der Waals surface area (Å²) in [6.07, 6.45) is 10.7. The van der Waals surface area contributed by atoms with Crippen LogP contribution in [-0.2, 0) is 11.3 Å². The van der Waals surface area contributed by atoms with Crippen LogP contribution < -0.4 is 0 Å². The SMILES string of the molecule is Cc1nnn(CC(=O)[C@H]2CC[C@H]3[C@@H]4CC[C@H]5C6C[C@@]6(O)CC[C@@H]5[C@H]4CC[C@]23C)n1. The lowest BCUT2D eigenvalue weighted by Gasteiger charge is -2.56. The van der Waals surface area contributed by atoms with Crippen molar-refractivity contribution in [3.8, 4) is 0 Å². The van der Waals surface area contributed by atoms with Crippen LogP contribution in [0.1, 0.15) is 70.5 Å². The molecule has 0 spiro atoms. The molecule has 5 aliphatic rings. The number of nitrogens with zero attached hydrogens (tertiary/aromatic N) is 4. The van der Waals surface area contributed by atoms with Crippen LogP contribution in [0.4, 0.5) is 0 Å². The molecule has 29 heavy (non-hydrogen) atoms. The summed E-state index contributed by atoms with van der Waals surface area (Å²) in [4.78, 5) is 14.7. The predicted molar refractivity (Wildman–Crippen MR) is 107 cm³/mol. The number of fused-ring (bicyclic) bond motifs is 7. The second-order valence-corrected chi connectivity index (χ2v) is 11.3. The van der Waals surface area contributed by atoms with E-state index in [2.05, 4.69) is 22.3 Å². The Hall–Kier alpha value is -1.30. The van der Waals surface area contributed by atoms with E-state index in [1.807, 2.05) is 6.92 Å². The minimum atomic E-state index is -0.282. The first-order valence-corrected chi connectivity index (χ1v) is 11.9. The van der Waals surface area contributed by atoms with E-state index in [9.17, 15) is 9.90 Å². The molecule has 0 aliphatic heterocycles. The first-order valence-electron chi connectivity index (χ1n) is 11.9. The largest absolute Gasteiger partial charge is 0.390 e. The summed E-state index contributed by atoms with van der Waals surface area (Å²) >= 11 is 0. The van der Waals surface area contributed by atoms with Crippen LogP contribution in [-0.4, -0.2) is 36.7 Å². The van der Waals surface area contributed by atoms with Crippen molar-refractivity contribution >= 4 is 5.78 Å². The van der Waals surface area contributed by atoms with E-state index in [0.29, 0.717) is 23.4 Å². The van der Waals surface area contributed by atoms with Crippen LogP contribution in [0.25, 0.3) is 0 Å². The number of rotatable bonds is 3. The molecular formula is C23H34N4O2. The average molecular weight is 399 g/mol. The van der Waals surface area contributed by atoms with Gasteiger partial charge >= 0.3 is 0 Å². The lowest BCUT2D eigenvalue weighted by Crippen LogP contribution is -2.50. The lowest BCUT2D eigenvalue weighted by atomic mass is 9.49. The van der Waals surface area contributed by atoms with Crippen molar-refractivity contribution in [1.29, 1.82) is 0 Å². The van der Waals surface area contributed by atoms with Gasteiger partial charge in [-0.3, -0.25) is 4.79 Å². The monoisotopic (exact) mass is 398 g/mol. The maximum Gasteiger partial charge on any atom is 0.171 e. The standard InChI is InChI=1S/C23H34N4O2/c1-13-24-26-27(25-13)12-21(28)19-6-5-18-16-3-4-17-15(8-10-23(29)11-20(17)23)14(16)7-9-22(18,19)2/h14-20,29H,3-12H2,1-2H3/t14-,15-,16-,17-,18+,19-,20?,22+,23+/m1/s1. The van der Waals surface area contributed by atoms with Gasteiger partial charge in [-0.1, -0.05) is 6.92 Å². The molecule has 0 saturated heterocycles. The third kappa shape index (κ3) is 2.63. The molecule has 5 aliphatic carbocycles. The third-order valence-corrected chi connectivity index (χ3v) is 10.2. The van der Waals surface area contributed by atoms with Gasteiger partial charge in [0.2, 0.25) is 0 Å². The molecule has 6 nitrogen and oxygen atoms in total. The molecule has 6 rings (SSSR count). The second kappa shape index (κ2) is 6.12. The summed E-state index contributed by atoms with van der Waals surface area (Å²) < 4.78 is 0. The smallest absolute Gasteiger partial charge is 0.171 e. The molecule has 0 bridgehead atoms. The number of carbonyl (C=O) groups is 1. The maximum absolute atomic E-state index is 13.2. The van der Waals surface area contributed by atoms with Gasteiger partial charge in [-0.2, -0.15) is 4.80 Å². The number of aryl methyl sites for hydroxylation is 1. The Balaban J connectivity index is 1.20. The Morgan fingerprint density at radius 1 is 1.03 bits per heavy atom. The summed E-state index contributed by atoms with van der Waals surface area (Å²) in [5.41, 5.74) is -0.133. The van der Waals surface area contributed by atoms with Crippen molar-refractivity contribution in [3.05, 3.63) is 5.82 Å². The van der Waals surface area contributed by atoms with Crippen molar-refractivity contribution in [2.45, 2.75) is 83.8 Å². The fourth-order valence-corrected chi connectivity index (χ4v) is 8.85. The number of tetrazole rings is 1. The van der Waals surface area contributed by atoms with Crippen LogP contribution in [0, 0.1) is 53.8 Å². The molecule has 158 valence electrons. The van der Waals surface area contributed by atoms with Crippen LogP contribution in [0.2, 0.25) is 0 Å². The zero-order valence-corrected chi connectivity index (χ0v) is 17.8. The number of aromatic nitrogens is 4. The molecule has 1 N–H and O–H groups in total. The highest BCUT2D eigenvalue weighted by Gasteiger charge is 2.65. The van der Waals surface area contributed by atoms with E-state index in [0.717, 1.165) is 42.9 Å². The third-order valence-electron chi connectivity index (χ3n) is 10.2. The van der Waals surface area contributed by atoms with Crippen molar-refractivity contribution < 1.29 is 9.90 Å². The van der Waals surface area contributed by atoms with Gasteiger partial charge in [-0.15, -0.1) is 10.2 Å². The van der Waals surface area contributed by atoms with Crippen LogP contribution in [0.15, 0.2) is 0 Å². The van der Waals surface area contributed by atoms with Gasteiger partial charge in [0, 0.05) is 5.92 Å². The minimum Gasteiger partial charge on any atom is -0.390 e. The molecule has 5 fully saturated rings. The molecule has 1 heterocycles. The average Bonchev–Trinajstić information content (AvgIpc) is 3.02. The summed E-state index contributed by atoms with van der Waals surface area (Å²) in [5.74, 6) is 5.63. The van der Waals surface area contributed by atoms with E-state index >= 15 is 0 Å². The zero-order chi connectivity index (χ0) is 20.0. The molecule has 0 radical (unpaired) electrons. The number of hydrogen-bond donors (Lipinski definition) is 1. The lowest BCUT2D eigenvalue weighted by molar-refractivity contribution is -0.132. The highest BCUT2D eigenvalue weighted by atomic mass is 16.3. The van der Waals surface area contributed by atoms with Gasteiger partial charge < -0.3 is 5.11 Å². The molecular weight excluding hydrogens is 364 g/mol. The summed E-state index contributed by atoms with van der Waals surface area (Å²) in [5, 5.41) is 22.8. The summed E-state index contributed by atoms with van der Waals surface area (Å²) in [6.45, 7) is 4.50. The number of hydrogen-bond acceptors (Lipinski definition) is 5. The van der Waals surface area contributed by atoms with Crippen molar-refractivity contribution in [2.24, 2.45) is 46.8 Å². The van der Waals surface area contributed by atoms with Gasteiger partial charge in [0.15, 0.2) is 11.6 Å². The first kappa shape index (κ1) is 18.5. The normalized spacial score (nSPS) is 50.2. The van der Waals surface area contributed by atoms with Crippen molar-refractivity contribution in [3.63, 3.8) is 0 Å². The molecule has 1 unspecified atom stereocenters. The minimum absolute atomic E-state index is 0.149. The Morgan fingerprint density at radius 3 is 2.48 bits per heavy atom. The molecule has 5 saturated carbocycles. The fraction of sp³-hybridized carbons (Fsp3) is 0.913. The highest BCUT2D eigenvalue weighted by molar-refractivity contribution is 5.81. The van der Waals surface area contributed by atoms with Crippen LogP contribution in [0.3, 0.4) is 0 Å². The van der Waals surface area contributed by atoms with Gasteiger partial charge in [0.05, 0.1) is 5.60 Å². The zero-order valence-electron chi connectivity index (χ0n) is 17.8. The Kier molecular flexibility index (Phi) is 3.89. The topological polar surface area (TPSA) is 80.9 Å². The predicted octanol–water partition coefficient (Wildman–Crippen LogP) is 3.18. The molecule has 9 atom stereocenters. The Bertz CT molecular complexity index is 839. The number of aliphatic hydroxyl groups is 1. The van der Waals surface area contributed by atoms with Gasteiger partial charge in [-0.05, 0) is 111 Å². The highest BCUT2D eigenvalue weighted by Crippen LogP contribution is 2.68. The van der Waals surface area contributed by atoms with E-state index in [1.54, 1.807) is 0 Å². The van der Waals surface area contributed by atoms with E-state index in [-0.39, 0.29) is 23.5 Å². The van der Waals surface area contributed by atoms with Gasteiger partial charge in [0.25, 0.3) is 0 Å². The van der Waals surface area contributed by atoms with Gasteiger partial charge in [-0.25, -0.2) is 0 Å². The molecule has 0 aromatic carbocycles. The van der Waals surface area contributed by atoms with Crippen molar-refractivity contribution in [1.82, 2.24) is 20.2 Å². The van der Waals surface area contributed by atoms with Crippen molar-refractivity contribution in [2.75, 3.05) is 0 Å². The quantitative estimate of drug-likeness (QED) is 0.846. The molecule has 6 heteroatoms. The second-order valence-electron chi connectivity index (χ2n) is 11.3. The molecule has 1 aromatic rings. The van der Waals surface area contributed by atoms with Gasteiger partial charge in [0.1, 0.15) is 6.54 Å². The maximum atomic E-state index is 13.2. The number of Topliss-reactive ketones (excluding diaryl/α,β-unsaturated/α-hetero) is 1. The van der Waals surface area contributed by atoms with E-state index in [4.69, 9.17) is 0 Å². The number of ketones is 1. The molecule has 1 aromatic heterocycles. The molecule has 0 amide bonds. The Morgan fingerprint density at radius 2 is 1.76 bits per heavy atom. The first-order chi connectivity index (χ1) is 13.9. The number of carbonyl (C=O) groups excluding carboxylic acids is 1. The summed E-state index contributed by atoms with van der Waals surface area (Å²) in [7, 11) is 0. The fourth-order valence-electron chi connectivity index (χ4n) is 8.85. The van der Waals surface area contributed by atoms with Crippen LogP contribution in [0.5, 0.6) is 0 Å². The Labute approximate surface area is 172 Å². The summed E-state index contributed by atoms with van der Waals surface area (Å²) in [6, 6.07) is 0. The van der Waals surface area contributed by atoms with E-state index < -0.39 is 0 Å². The van der Waals surface area contributed by atoms with E-state index in [1.165, 1.54) is 43.3 Å².